The number of nitrogens with zero attached hydrogens (tertiary/aromatic N) is 3. The zero-order valence-corrected chi connectivity index (χ0v) is 25.8. The Balaban J connectivity index is 2.03. The lowest BCUT2D eigenvalue weighted by Gasteiger charge is -2.27. The minimum Gasteiger partial charge on any atom is -0.507 e. The predicted molar refractivity (Wildman–Crippen MR) is 162 cm³/mol. The molecule has 0 saturated carbocycles. The topological polar surface area (TPSA) is 71.2 Å². The van der Waals surface area contributed by atoms with E-state index in [2.05, 4.69) is 101 Å². The number of hydrogen-bond donors (Lipinski definition) is 2. The highest BCUT2D eigenvalue weighted by atomic mass is 16.3. The van der Waals surface area contributed by atoms with E-state index in [9.17, 15) is 10.2 Å². The van der Waals surface area contributed by atoms with Crippen LogP contribution in [0.25, 0.3) is 27.8 Å². The second kappa shape index (κ2) is 9.11. The van der Waals surface area contributed by atoms with Crippen molar-refractivity contribution in [3.05, 3.63) is 64.7 Å². The molecule has 0 radical (unpaired) electrons. The Hall–Kier alpha value is -3.34. The smallest absolute Gasteiger partial charge is 0.146 e. The number of aromatic nitrogens is 3. The number of fused-ring (bicyclic) bond motifs is 1. The molecule has 0 amide bonds. The van der Waals surface area contributed by atoms with Gasteiger partial charge in [-0.1, -0.05) is 107 Å². The van der Waals surface area contributed by atoms with Crippen molar-refractivity contribution in [1.82, 2.24) is 15.0 Å². The van der Waals surface area contributed by atoms with Crippen molar-refractivity contribution >= 4 is 11.0 Å². The van der Waals surface area contributed by atoms with Crippen LogP contribution in [0, 0.1) is 0 Å². The Bertz CT molecular complexity index is 1550. The largest absolute Gasteiger partial charge is 0.507 e. The summed E-state index contributed by atoms with van der Waals surface area (Å²) < 4.78 is 0. The average Bonchev–Trinajstić information content (AvgIpc) is 3.20. The molecule has 2 N–H and O–H groups in total. The maximum atomic E-state index is 11.6. The Labute approximate surface area is 233 Å². The third-order valence-electron chi connectivity index (χ3n) is 7.47. The van der Waals surface area contributed by atoms with Gasteiger partial charge in [-0.3, -0.25) is 0 Å². The summed E-state index contributed by atoms with van der Waals surface area (Å²) in [5, 5.41) is 32.7. The first kappa shape index (κ1) is 28.7. The number of benzene rings is 3. The van der Waals surface area contributed by atoms with Crippen molar-refractivity contribution in [3.63, 3.8) is 0 Å². The summed E-state index contributed by atoms with van der Waals surface area (Å²) in [7, 11) is 0. The molecule has 0 bridgehead atoms. The molecule has 4 aromatic rings. The van der Waals surface area contributed by atoms with Crippen molar-refractivity contribution in [2.75, 3.05) is 0 Å². The van der Waals surface area contributed by atoms with Crippen LogP contribution >= 0.6 is 0 Å². The molecule has 0 fully saturated rings. The van der Waals surface area contributed by atoms with E-state index in [1.807, 2.05) is 24.3 Å². The van der Waals surface area contributed by atoms with E-state index in [1.165, 1.54) is 0 Å². The summed E-state index contributed by atoms with van der Waals surface area (Å²) in [6.45, 7) is 25.7. The van der Waals surface area contributed by atoms with E-state index >= 15 is 0 Å². The summed E-state index contributed by atoms with van der Waals surface area (Å²) in [6.07, 6.45) is 0. The summed E-state index contributed by atoms with van der Waals surface area (Å²) in [4.78, 5) is 1.54. The Kier molecular flexibility index (Phi) is 6.69. The molecule has 3 aromatic carbocycles. The van der Waals surface area contributed by atoms with Crippen molar-refractivity contribution in [3.8, 4) is 28.3 Å². The van der Waals surface area contributed by atoms with Crippen LogP contribution in [0.3, 0.4) is 0 Å². The molecule has 4 rings (SSSR count). The van der Waals surface area contributed by atoms with E-state index in [4.69, 9.17) is 10.2 Å². The van der Waals surface area contributed by atoms with Gasteiger partial charge in [-0.2, -0.15) is 0 Å². The van der Waals surface area contributed by atoms with Gasteiger partial charge in [0.05, 0.1) is 0 Å². The highest BCUT2D eigenvalue weighted by molar-refractivity contribution is 5.94. The first-order valence-corrected chi connectivity index (χ1v) is 13.8. The number of hydrogen-bond acceptors (Lipinski definition) is 4. The predicted octanol–water partition coefficient (Wildman–Crippen LogP) is 8.69. The third kappa shape index (κ3) is 5.41. The van der Waals surface area contributed by atoms with Gasteiger partial charge in [0.25, 0.3) is 0 Å². The molecule has 0 aliphatic rings. The first-order chi connectivity index (χ1) is 17.7. The number of aromatic hydroxyl groups is 2. The van der Waals surface area contributed by atoms with Gasteiger partial charge in [-0.25, -0.2) is 0 Å². The molecule has 39 heavy (non-hydrogen) atoms. The highest BCUT2D eigenvalue weighted by Crippen LogP contribution is 2.44. The van der Waals surface area contributed by atoms with Crippen molar-refractivity contribution in [2.24, 2.45) is 0 Å². The number of phenolic OH excluding ortho intramolecular Hbond substituents is 2. The fourth-order valence-corrected chi connectivity index (χ4v) is 4.88. The maximum Gasteiger partial charge on any atom is 0.146 e. The van der Waals surface area contributed by atoms with E-state index in [-0.39, 0.29) is 33.2 Å². The zero-order valence-electron chi connectivity index (χ0n) is 25.8. The van der Waals surface area contributed by atoms with Gasteiger partial charge < -0.3 is 10.2 Å². The van der Waals surface area contributed by atoms with Gasteiger partial charge in [-0.15, -0.1) is 15.0 Å². The normalized spacial score (nSPS) is 13.3. The molecule has 0 aliphatic heterocycles. The van der Waals surface area contributed by atoms with Crippen LogP contribution in [0.4, 0.5) is 0 Å². The maximum absolute atomic E-state index is 11.6. The molecule has 0 spiro atoms. The molecule has 0 aliphatic carbocycles. The summed E-state index contributed by atoms with van der Waals surface area (Å²) in [5.41, 5.74) is 6.77. The number of rotatable bonds is 2. The monoisotopic (exact) mass is 527 g/mol. The van der Waals surface area contributed by atoms with Crippen molar-refractivity contribution < 1.29 is 10.2 Å². The van der Waals surface area contributed by atoms with Crippen LogP contribution in [0.15, 0.2) is 42.5 Å². The quantitative estimate of drug-likeness (QED) is 0.273. The van der Waals surface area contributed by atoms with Gasteiger partial charge in [0.15, 0.2) is 0 Å². The molecule has 0 unspecified atom stereocenters. The van der Waals surface area contributed by atoms with E-state index in [1.54, 1.807) is 4.80 Å². The average molecular weight is 528 g/mol. The lowest BCUT2D eigenvalue weighted by atomic mass is 9.78. The molecular formula is C34H45N3O2. The second-order valence-corrected chi connectivity index (χ2v) is 15.0. The Morgan fingerprint density at radius 2 is 1.08 bits per heavy atom. The van der Waals surface area contributed by atoms with Crippen molar-refractivity contribution in [2.45, 2.75) is 105 Å². The number of phenols is 2. The van der Waals surface area contributed by atoms with Crippen molar-refractivity contribution in [1.29, 1.82) is 0 Å². The highest BCUT2D eigenvalue weighted by Gasteiger charge is 2.28. The van der Waals surface area contributed by atoms with Crippen LogP contribution in [0.2, 0.25) is 0 Å². The van der Waals surface area contributed by atoms with Crippen LogP contribution in [-0.4, -0.2) is 25.2 Å². The van der Waals surface area contributed by atoms with Gasteiger partial charge in [0, 0.05) is 22.3 Å². The molecule has 1 heterocycles. The zero-order chi connectivity index (χ0) is 29.3. The lowest BCUT2D eigenvalue weighted by molar-refractivity contribution is 0.438. The fourth-order valence-electron chi connectivity index (χ4n) is 4.88. The minimum atomic E-state index is -0.264. The van der Waals surface area contributed by atoms with E-state index in [0.717, 1.165) is 33.4 Å². The first-order valence-electron chi connectivity index (χ1n) is 13.8. The van der Waals surface area contributed by atoms with Crippen LogP contribution in [-0.2, 0) is 21.7 Å². The molecular weight excluding hydrogens is 482 g/mol. The lowest BCUT2D eigenvalue weighted by Crippen LogP contribution is -2.18. The Morgan fingerprint density at radius 1 is 0.564 bits per heavy atom. The molecule has 5 heteroatoms. The second-order valence-electron chi connectivity index (χ2n) is 15.0. The van der Waals surface area contributed by atoms with Crippen LogP contribution < -0.4 is 0 Å². The molecule has 5 nitrogen and oxygen atoms in total. The summed E-state index contributed by atoms with van der Waals surface area (Å²) in [6, 6.07) is 14.1. The minimum absolute atomic E-state index is 0.101. The molecule has 0 saturated heterocycles. The molecule has 0 atom stereocenters. The van der Waals surface area contributed by atoms with Gasteiger partial charge in [0.1, 0.15) is 28.2 Å². The van der Waals surface area contributed by atoms with E-state index < -0.39 is 0 Å². The van der Waals surface area contributed by atoms with Gasteiger partial charge >= 0.3 is 0 Å². The van der Waals surface area contributed by atoms with Crippen LogP contribution in [0.1, 0.15) is 105 Å². The van der Waals surface area contributed by atoms with Gasteiger partial charge in [0.2, 0.25) is 0 Å². The molecule has 208 valence electrons. The third-order valence-corrected chi connectivity index (χ3v) is 7.47. The SMILES string of the molecule is CC(C)(C)c1cc(-c2cccc3nn(-c4cc(C(C)(C)C)cc(C(C)(C)C)c4O)nc23)c(O)c(C(C)(C)C)c1. The fraction of sp³-hybridized carbons (Fsp3) is 0.471. The van der Waals surface area contributed by atoms with E-state index in [0.29, 0.717) is 16.7 Å². The van der Waals surface area contributed by atoms with Gasteiger partial charge in [-0.05, 0) is 51.0 Å². The molecule has 1 aromatic heterocycles. The Morgan fingerprint density at radius 3 is 1.59 bits per heavy atom. The standard InChI is InChI=1S/C34H45N3O2/c1-31(2,3)20-16-23(29(38)24(17-20)33(7,8)9)22-14-13-15-26-28(22)36-37(35-26)27-19-21(32(4,5)6)18-25(30(27)39)34(10,11)12/h13-19,38-39H,1-12H3. The summed E-state index contributed by atoms with van der Waals surface area (Å²) in [5.74, 6) is 0.454. The summed E-state index contributed by atoms with van der Waals surface area (Å²) >= 11 is 0. The van der Waals surface area contributed by atoms with Crippen LogP contribution in [0.5, 0.6) is 11.5 Å².